The molecule has 1 amide bonds. The first-order valence-electron chi connectivity index (χ1n) is 18.0. The van der Waals surface area contributed by atoms with Gasteiger partial charge in [0.1, 0.15) is 11.1 Å². The summed E-state index contributed by atoms with van der Waals surface area (Å²) in [5, 5.41) is 3.22. The molecule has 54 heavy (non-hydrogen) atoms. The minimum atomic E-state index is -4.67. The second-order valence-corrected chi connectivity index (χ2v) is 12.4. The largest absolute Gasteiger partial charge is 0.433 e. The number of halogens is 3. The Bertz CT molecular complexity index is 1860. The molecule has 0 spiro atoms. The second kappa shape index (κ2) is 20.0. The van der Waals surface area contributed by atoms with E-state index in [1.807, 2.05) is 29.2 Å². The predicted octanol–water partition coefficient (Wildman–Crippen LogP) is 4.83. The van der Waals surface area contributed by atoms with Gasteiger partial charge in [-0.3, -0.25) is 9.59 Å². The summed E-state index contributed by atoms with van der Waals surface area (Å²) in [6.45, 7) is 12.4. The third-order valence-electron chi connectivity index (χ3n) is 8.56. The second-order valence-electron chi connectivity index (χ2n) is 12.4. The van der Waals surface area contributed by atoms with E-state index in [9.17, 15) is 22.8 Å². The van der Waals surface area contributed by atoms with Crippen LogP contribution in [0.25, 0.3) is 16.9 Å². The van der Waals surface area contributed by atoms with Crippen LogP contribution in [-0.4, -0.2) is 114 Å². The Morgan fingerprint density at radius 3 is 2.17 bits per heavy atom. The van der Waals surface area contributed by atoms with Crippen LogP contribution in [0.1, 0.15) is 31.9 Å². The van der Waals surface area contributed by atoms with Gasteiger partial charge in [-0.2, -0.15) is 18.2 Å². The number of anilines is 3. The number of hydrogen-bond donors (Lipinski definition) is 1. The molecule has 0 radical (unpaired) electrons. The van der Waals surface area contributed by atoms with E-state index >= 15 is 0 Å². The van der Waals surface area contributed by atoms with E-state index in [0.29, 0.717) is 84.5 Å². The van der Waals surface area contributed by atoms with Gasteiger partial charge in [0.05, 0.1) is 59.2 Å². The predicted molar refractivity (Wildman–Crippen MR) is 197 cm³/mol. The van der Waals surface area contributed by atoms with Gasteiger partial charge in [-0.1, -0.05) is 25.5 Å². The Morgan fingerprint density at radius 2 is 1.54 bits per heavy atom. The number of benzene rings is 1. The molecule has 3 aromatic heterocycles. The molecule has 5 rings (SSSR count). The topological polar surface area (TPSA) is 138 Å². The van der Waals surface area contributed by atoms with Crippen LogP contribution in [0, 0.1) is 0 Å². The number of allylic oxidation sites excluding steroid dienone is 1. The summed E-state index contributed by atoms with van der Waals surface area (Å²) in [5.74, 6) is 0.0662. The number of aromatic nitrogens is 5. The normalized spacial score (nSPS) is 13.5. The Hall–Kier alpha value is -4.84. The fourth-order valence-electron chi connectivity index (χ4n) is 5.73. The van der Waals surface area contributed by atoms with Crippen molar-refractivity contribution in [2.75, 3.05) is 89.3 Å². The molecule has 1 N–H and O–H groups in total. The van der Waals surface area contributed by atoms with Gasteiger partial charge in [-0.15, -0.1) is 6.58 Å². The monoisotopic (exact) mass is 756 g/mol. The molecule has 14 nitrogen and oxygen atoms in total. The minimum absolute atomic E-state index is 0.0116. The molecule has 0 aliphatic carbocycles. The number of piperazine rings is 1. The van der Waals surface area contributed by atoms with Crippen LogP contribution >= 0.6 is 0 Å². The quantitative estimate of drug-likeness (QED) is 0.0925. The van der Waals surface area contributed by atoms with E-state index < -0.39 is 17.4 Å². The van der Waals surface area contributed by atoms with Crippen LogP contribution in [0.5, 0.6) is 0 Å². The number of nitrogens with zero attached hydrogens (tertiary/aromatic N) is 7. The summed E-state index contributed by atoms with van der Waals surface area (Å²) >= 11 is 0. The molecule has 1 aliphatic heterocycles. The average Bonchev–Trinajstić information content (AvgIpc) is 3.44. The summed E-state index contributed by atoms with van der Waals surface area (Å²) < 4.78 is 64.8. The van der Waals surface area contributed by atoms with Gasteiger partial charge in [0.15, 0.2) is 11.5 Å². The van der Waals surface area contributed by atoms with Crippen molar-refractivity contribution in [3.63, 3.8) is 0 Å². The van der Waals surface area contributed by atoms with Crippen molar-refractivity contribution in [3.8, 4) is 5.82 Å². The van der Waals surface area contributed by atoms with E-state index in [2.05, 4.69) is 38.7 Å². The first-order valence-corrected chi connectivity index (χ1v) is 18.0. The molecule has 1 saturated heterocycles. The lowest BCUT2D eigenvalue weighted by atomic mass is 10.2. The summed E-state index contributed by atoms with van der Waals surface area (Å²) in [7, 11) is 0. The van der Waals surface area contributed by atoms with Gasteiger partial charge in [-0.25, -0.2) is 19.3 Å². The zero-order chi connectivity index (χ0) is 38.3. The Morgan fingerprint density at radius 1 is 0.889 bits per heavy atom. The molecule has 0 bridgehead atoms. The standard InChI is InChI=1S/C37H47F3N8O6/c1-3-5-19-51-21-23-53-25-26-54-24-22-52-20-13-33(49)46-17-15-45(16-18-46)29-11-9-28(10-12-29)42-36-41-27-30-34(44-36)48(47(14-4-2)35(30)50)32-8-6-7-31(43-32)37(38,39)40/h4,6-12,27H,2-3,5,13-26H2,1H3,(H,41,42,44). The maximum Gasteiger partial charge on any atom is 0.433 e. The van der Waals surface area contributed by atoms with Gasteiger partial charge in [0.2, 0.25) is 11.9 Å². The van der Waals surface area contributed by atoms with E-state index in [4.69, 9.17) is 18.9 Å². The Kier molecular flexibility index (Phi) is 15.0. The third kappa shape index (κ3) is 11.1. The zero-order valence-electron chi connectivity index (χ0n) is 30.4. The Labute approximate surface area is 311 Å². The van der Waals surface area contributed by atoms with Crippen molar-refractivity contribution in [3.05, 3.63) is 77.4 Å². The van der Waals surface area contributed by atoms with Gasteiger partial charge in [-0.05, 0) is 42.8 Å². The molecule has 0 unspecified atom stereocenters. The lowest BCUT2D eigenvalue weighted by Gasteiger charge is -2.36. The maximum atomic E-state index is 13.5. The molecule has 0 atom stereocenters. The lowest BCUT2D eigenvalue weighted by Crippen LogP contribution is -2.49. The van der Waals surface area contributed by atoms with Crippen molar-refractivity contribution < 1.29 is 36.9 Å². The van der Waals surface area contributed by atoms with Crippen LogP contribution in [0.4, 0.5) is 30.5 Å². The van der Waals surface area contributed by atoms with Crippen LogP contribution < -0.4 is 15.8 Å². The highest BCUT2D eigenvalue weighted by atomic mass is 19.4. The minimum Gasteiger partial charge on any atom is -0.379 e. The molecule has 1 aliphatic rings. The number of amides is 1. The molecule has 17 heteroatoms. The molecular formula is C37H47F3N8O6. The highest BCUT2D eigenvalue weighted by Crippen LogP contribution is 2.29. The molecule has 1 fully saturated rings. The molecular weight excluding hydrogens is 709 g/mol. The van der Waals surface area contributed by atoms with Crippen molar-refractivity contribution in [2.24, 2.45) is 0 Å². The lowest BCUT2D eigenvalue weighted by molar-refractivity contribution is -0.141. The molecule has 0 saturated carbocycles. The first kappa shape index (κ1) is 40.3. The maximum absolute atomic E-state index is 13.5. The highest BCUT2D eigenvalue weighted by molar-refractivity contribution is 5.77. The van der Waals surface area contributed by atoms with E-state index in [-0.39, 0.29) is 35.3 Å². The van der Waals surface area contributed by atoms with E-state index in [1.165, 1.54) is 33.8 Å². The van der Waals surface area contributed by atoms with Crippen LogP contribution in [0.15, 0.2) is 66.1 Å². The number of pyridine rings is 1. The number of carbonyl (C=O) groups is 1. The Balaban J connectivity index is 1.07. The zero-order valence-corrected chi connectivity index (χ0v) is 30.4. The average molecular weight is 757 g/mol. The number of hydrogen-bond acceptors (Lipinski definition) is 11. The van der Waals surface area contributed by atoms with Crippen LogP contribution in [0.2, 0.25) is 0 Å². The number of fused-ring (bicyclic) bond motifs is 1. The molecule has 4 heterocycles. The summed E-state index contributed by atoms with van der Waals surface area (Å²) in [6.07, 6.45) is 0.594. The number of unbranched alkanes of at least 4 members (excludes halogenated alkanes) is 1. The summed E-state index contributed by atoms with van der Waals surface area (Å²) in [6, 6.07) is 11.0. The van der Waals surface area contributed by atoms with Gasteiger partial charge >= 0.3 is 6.18 Å². The molecule has 4 aromatic rings. The van der Waals surface area contributed by atoms with E-state index in [1.54, 1.807) is 0 Å². The fourth-order valence-corrected chi connectivity index (χ4v) is 5.73. The van der Waals surface area contributed by atoms with Gasteiger partial charge < -0.3 is 34.1 Å². The summed E-state index contributed by atoms with van der Waals surface area (Å²) in [4.78, 5) is 42.5. The van der Waals surface area contributed by atoms with Crippen molar-refractivity contribution in [1.82, 2.24) is 29.2 Å². The van der Waals surface area contributed by atoms with Gasteiger partial charge in [0, 0.05) is 50.4 Å². The SMILES string of the molecule is C=CCn1c(=O)c2cnc(Nc3ccc(N4CCN(C(=O)CCOCCOCCOCCOCCCC)CC4)cc3)nc2n1-c1cccc(C(F)(F)F)n1. The van der Waals surface area contributed by atoms with Crippen LogP contribution in [-0.2, 0) is 36.5 Å². The number of carbonyl (C=O) groups excluding carboxylic acids is 1. The highest BCUT2D eigenvalue weighted by Gasteiger charge is 2.33. The van der Waals surface area contributed by atoms with E-state index in [0.717, 1.165) is 31.2 Å². The first-order chi connectivity index (χ1) is 26.2. The van der Waals surface area contributed by atoms with Crippen molar-refractivity contribution in [1.29, 1.82) is 0 Å². The third-order valence-corrected chi connectivity index (χ3v) is 8.56. The molecule has 1 aromatic carbocycles. The number of rotatable bonds is 21. The summed E-state index contributed by atoms with van der Waals surface area (Å²) in [5.41, 5.74) is 0.134. The fraction of sp³-hybridized carbons (Fsp3) is 0.486. The van der Waals surface area contributed by atoms with Crippen molar-refractivity contribution >= 4 is 34.3 Å². The smallest absolute Gasteiger partial charge is 0.379 e. The van der Waals surface area contributed by atoms with Crippen molar-refractivity contribution in [2.45, 2.75) is 38.9 Å². The number of ether oxygens (including phenoxy) is 4. The van der Waals surface area contributed by atoms with Gasteiger partial charge in [0.25, 0.3) is 5.56 Å². The molecule has 292 valence electrons. The van der Waals surface area contributed by atoms with Crippen LogP contribution in [0.3, 0.4) is 0 Å². The number of nitrogens with one attached hydrogen (secondary N) is 1. The number of alkyl halides is 3.